The molecule has 21 heavy (non-hydrogen) atoms. The quantitative estimate of drug-likeness (QED) is 0.783. The van der Waals surface area contributed by atoms with E-state index in [1.54, 1.807) is 24.3 Å². The maximum atomic E-state index is 12.2. The average Bonchev–Trinajstić information content (AvgIpc) is 2.43. The highest BCUT2D eigenvalue weighted by molar-refractivity contribution is 6.33. The Bertz CT molecular complexity index is 481. The van der Waals surface area contributed by atoms with Crippen LogP contribution in [0.4, 0.5) is 0 Å². The molecule has 2 rings (SSSR count). The third kappa shape index (κ3) is 4.21. The molecule has 1 aromatic rings. The van der Waals surface area contributed by atoms with Crippen LogP contribution in [0.2, 0.25) is 5.02 Å². The number of hydrogen-bond donors (Lipinski definition) is 0. The van der Waals surface area contributed by atoms with Gasteiger partial charge in [0.2, 0.25) is 0 Å². The molecule has 0 unspecified atom stereocenters. The Morgan fingerprint density at radius 2 is 1.95 bits per heavy atom. The zero-order valence-corrected chi connectivity index (χ0v) is 13.8. The number of halogens is 1. The number of hydrogen-bond acceptors (Lipinski definition) is 3. The molecule has 0 aliphatic carbocycles. The number of ether oxygens (including phenoxy) is 1. The second-order valence-electron chi connectivity index (χ2n) is 6.02. The van der Waals surface area contributed by atoms with Crippen LogP contribution in [0.25, 0.3) is 0 Å². The Kier molecular flexibility index (Phi) is 5.65. The maximum absolute atomic E-state index is 12.2. The standard InChI is InChI=1S/C17H24ClNO2/c1-12-7-6-8-13(2)19(12)11-14(3)21-17(20)15-9-4-5-10-16(15)18/h4-5,9-10,12-14H,6-8,11H2,1-3H3/t12-,13-,14+/m0/s1. The van der Waals surface area contributed by atoms with Gasteiger partial charge in [0.25, 0.3) is 0 Å². The van der Waals surface area contributed by atoms with Crippen molar-refractivity contribution in [2.24, 2.45) is 0 Å². The van der Waals surface area contributed by atoms with Gasteiger partial charge in [-0.2, -0.15) is 0 Å². The van der Waals surface area contributed by atoms with E-state index in [2.05, 4.69) is 18.7 Å². The molecular weight excluding hydrogens is 286 g/mol. The lowest BCUT2D eigenvalue weighted by Gasteiger charge is -2.40. The van der Waals surface area contributed by atoms with Crippen molar-refractivity contribution in [3.05, 3.63) is 34.9 Å². The van der Waals surface area contributed by atoms with E-state index in [1.807, 2.05) is 6.92 Å². The fraction of sp³-hybridized carbons (Fsp3) is 0.588. The van der Waals surface area contributed by atoms with Gasteiger partial charge < -0.3 is 4.74 Å². The molecule has 0 radical (unpaired) electrons. The summed E-state index contributed by atoms with van der Waals surface area (Å²) >= 11 is 6.03. The van der Waals surface area contributed by atoms with Crippen molar-refractivity contribution in [3.63, 3.8) is 0 Å². The molecule has 0 aromatic heterocycles. The third-order valence-corrected chi connectivity index (χ3v) is 4.58. The largest absolute Gasteiger partial charge is 0.458 e. The minimum atomic E-state index is -0.342. The zero-order chi connectivity index (χ0) is 15.4. The summed E-state index contributed by atoms with van der Waals surface area (Å²) in [6.07, 6.45) is 3.58. The van der Waals surface area contributed by atoms with Crippen LogP contribution in [-0.4, -0.2) is 35.6 Å². The first-order valence-electron chi connectivity index (χ1n) is 7.70. The molecule has 4 heteroatoms. The summed E-state index contributed by atoms with van der Waals surface area (Å²) in [5.74, 6) is -0.342. The Morgan fingerprint density at radius 1 is 1.33 bits per heavy atom. The van der Waals surface area contributed by atoms with Gasteiger partial charge in [0.05, 0.1) is 10.6 Å². The van der Waals surface area contributed by atoms with Gasteiger partial charge in [0, 0.05) is 18.6 Å². The van der Waals surface area contributed by atoms with Gasteiger partial charge in [-0.05, 0) is 45.7 Å². The summed E-state index contributed by atoms with van der Waals surface area (Å²) in [5, 5.41) is 0.439. The molecule has 1 aliphatic rings. The van der Waals surface area contributed by atoms with Crippen LogP contribution in [-0.2, 0) is 4.74 Å². The maximum Gasteiger partial charge on any atom is 0.339 e. The molecule has 0 spiro atoms. The Balaban J connectivity index is 1.93. The summed E-state index contributed by atoms with van der Waals surface area (Å²) in [6.45, 7) is 7.22. The Labute approximate surface area is 132 Å². The fourth-order valence-electron chi connectivity index (χ4n) is 3.04. The molecule has 0 saturated carbocycles. The van der Waals surface area contributed by atoms with Gasteiger partial charge in [0.15, 0.2) is 0 Å². The zero-order valence-electron chi connectivity index (χ0n) is 13.0. The minimum Gasteiger partial charge on any atom is -0.458 e. The number of piperidine rings is 1. The summed E-state index contributed by atoms with van der Waals surface area (Å²) in [4.78, 5) is 14.6. The van der Waals surface area contributed by atoms with Gasteiger partial charge in [0.1, 0.15) is 6.10 Å². The normalized spacial score (nSPS) is 24.6. The molecule has 1 aromatic carbocycles. The number of nitrogens with zero attached hydrogens (tertiary/aromatic N) is 1. The number of esters is 1. The lowest BCUT2D eigenvalue weighted by molar-refractivity contribution is 0.00813. The van der Waals surface area contributed by atoms with E-state index >= 15 is 0 Å². The highest BCUT2D eigenvalue weighted by Gasteiger charge is 2.27. The molecule has 3 atom stereocenters. The van der Waals surface area contributed by atoms with Crippen LogP contribution in [0, 0.1) is 0 Å². The summed E-state index contributed by atoms with van der Waals surface area (Å²) in [5.41, 5.74) is 0.436. The predicted octanol–water partition coefficient (Wildman–Crippen LogP) is 4.15. The van der Waals surface area contributed by atoms with Gasteiger partial charge in [-0.1, -0.05) is 30.2 Å². The minimum absolute atomic E-state index is 0.142. The van der Waals surface area contributed by atoms with Crippen LogP contribution in [0.15, 0.2) is 24.3 Å². The molecule has 1 aliphatic heterocycles. The second-order valence-corrected chi connectivity index (χ2v) is 6.43. The molecule has 0 bridgehead atoms. The topological polar surface area (TPSA) is 29.5 Å². The highest BCUT2D eigenvalue weighted by atomic mass is 35.5. The molecule has 1 saturated heterocycles. The van der Waals surface area contributed by atoms with Crippen LogP contribution >= 0.6 is 11.6 Å². The molecule has 1 fully saturated rings. The first-order valence-corrected chi connectivity index (χ1v) is 8.08. The van der Waals surface area contributed by atoms with Gasteiger partial charge in [-0.3, -0.25) is 4.90 Å². The van der Waals surface area contributed by atoms with Crippen molar-refractivity contribution in [2.45, 2.75) is 58.2 Å². The molecule has 0 N–H and O–H groups in total. The van der Waals surface area contributed by atoms with Crippen molar-refractivity contribution in [1.82, 2.24) is 4.90 Å². The SMILES string of the molecule is C[C@H](CN1[C@@H](C)CCC[C@@H]1C)OC(=O)c1ccccc1Cl. The van der Waals surface area contributed by atoms with Crippen molar-refractivity contribution >= 4 is 17.6 Å². The monoisotopic (exact) mass is 309 g/mol. The number of benzene rings is 1. The summed E-state index contributed by atoms with van der Waals surface area (Å²) < 4.78 is 5.55. The number of carbonyl (C=O) groups is 1. The van der Waals surface area contributed by atoms with E-state index in [-0.39, 0.29) is 12.1 Å². The average molecular weight is 310 g/mol. The van der Waals surface area contributed by atoms with Gasteiger partial charge in [-0.15, -0.1) is 0 Å². The van der Waals surface area contributed by atoms with Crippen molar-refractivity contribution in [3.8, 4) is 0 Å². The lowest BCUT2D eigenvalue weighted by Crippen LogP contribution is -2.47. The van der Waals surface area contributed by atoms with Crippen molar-refractivity contribution in [2.75, 3.05) is 6.54 Å². The van der Waals surface area contributed by atoms with E-state index in [0.29, 0.717) is 22.7 Å². The van der Waals surface area contributed by atoms with Gasteiger partial charge in [-0.25, -0.2) is 4.79 Å². The molecule has 116 valence electrons. The molecular formula is C17H24ClNO2. The van der Waals surface area contributed by atoms with Gasteiger partial charge >= 0.3 is 5.97 Å². The van der Waals surface area contributed by atoms with Crippen LogP contribution in [0.5, 0.6) is 0 Å². The van der Waals surface area contributed by atoms with E-state index in [9.17, 15) is 4.79 Å². The van der Waals surface area contributed by atoms with E-state index < -0.39 is 0 Å². The number of rotatable bonds is 4. The van der Waals surface area contributed by atoms with E-state index in [0.717, 1.165) is 6.54 Å². The van der Waals surface area contributed by atoms with Crippen LogP contribution in [0.3, 0.4) is 0 Å². The van der Waals surface area contributed by atoms with Crippen LogP contribution in [0.1, 0.15) is 50.4 Å². The molecule has 1 heterocycles. The first kappa shape index (κ1) is 16.3. The summed E-state index contributed by atoms with van der Waals surface area (Å²) in [7, 11) is 0. The predicted molar refractivity (Wildman–Crippen MR) is 85.8 cm³/mol. The van der Waals surface area contributed by atoms with E-state index in [4.69, 9.17) is 16.3 Å². The first-order chi connectivity index (χ1) is 9.99. The van der Waals surface area contributed by atoms with E-state index in [1.165, 1.54) is 19.3 Å². The fourth-order valence-corrected chi connectivity index (χ4v) is 3.25. The molecule has 0 amide bonds. The Hall–Kier alpha value is -1.06. The molecule has 3 nitrogen and oxygen atoms in total. The number of carbonyl (C=O) groups excluding carboxylic acids is 1. The van der Waals surface area contributed by atoms with Crippen LogP contribution < -0.4 is 0 Å². The number of likely N-dealkylation sites (tertiary alicyclic amines) is 1. The lowest BCUT2D eigenvalue weighted by atomic mass is 9.97. The smallest absolute Gasteiger partial charge is 0.339 e. The van der Waals surface area contributed by atoms with Crippen molar-refractivity contribution in [1.29, 1.82) is 0 Å². The summed E-state index contributed by atoms with van der Waals surface area (Å²) in [6, 6.07) is 8.10. The highest BCUT2D eigenvalue weighted by Crippen LogP contribution is 2.23. The third-order valence-electron chi connectivity index (χ3n) is 4.25. The van der Waals surface area contributed by atoms with Crippen molar-refractivity contribution < 1.29 is 9.53 Å². The Morgan fingerprint density at radius 3 is 2.57 bits per heavy atom. The second kappa shape index (κ2) is 7.28.